The number of hydrogen-bond donors (Lipinski definition) is 3. The lowest BCUT2D eigenvalue weighted by molar-refractivity contribution is -0.130. The number of likely N-dealkylation sites (tertiary alicyclic amines) is 1. The van der Waals surface area contributed by atoms with Gasteiger partial charge in [-0.25, -0.2) is 0 Å². The molecule has 1 aliphatic heterocycles. The van der Waals surface area contributed by atoms with Gasteiger partial charge < -0.3 is 15.5 Å². The minimum atomic E-state index is 0.0467. The molecule has 0 radical (unpaired) electrons. The van der Waals surface area contributed by atoms with Gasteiger partial charge in [0.1, 0.15) is 0 Å². The van der Waals surface area contributed by atoms with Crippen molar-refractivity contribution in [3.63, 3.8) is 0 Å². The lowest BCUT2D eigenvalue weighted by Crippen LogP contribution is -2.56. The summed E-state index contributed by atoms with van der Waals surface area (Å²) in [6, 6.07) is 0.573. The normalized spacial score (nSPS) is 19.8. The number of amides is 1. The first-order valence-corrected chi connectivity index (χ1v) is 7.72. The summed E-state index contributed by atoms with van der Waals surface area (Å²) in [4.78, 5) is 16.2. The SMILES string of the molecule is CC(C)NCCN(C)CCNC(=O)C1CCN1CS. The lowest BCUT2D eigenvalue weighted by atomic mass is 10.0. The van der Waals surface area contributed by atoms with Gasteiger partial charge in [0.25, 0.3) is 0 Å². The number of thiol groups is 1. The number of carbonyl (C=O) groups excluding carboxylic acids is 1. The summed E-state index contributed by atoms with van der Waals surface area (Å²) in [5.41, 5.74) is 0. The van der Waals surface area contributed by atoms with Gasteiger partial charge in [0, 0.05) is 44.6 Å². The third-order valence-corrected chi connectivity index (χ3v) is 3.82. The van der Waals surface area contributed by atoms with Crippen LogP contribution in [0.3, 0.4) is 0 Å². The van der Waals surface area contributed by atoms with Crippen molar-refractivity contribution in [1.82, 2.24) is 20.4 Å². The summed E-state index contributed by atoms with van der Waals surface area (Å²) in [7, 11) is 2.08. The van der Waals surface area contributed by atoms with Gasteiger partial charge in [-0.05, 0) is 13.5 Å². The Labute approximate surface area is 122 Å². The fourth-order valence-electron chi connectivity index (χ4n) is 2.05. The van der Waals surface area contributed by atoms with Crippen LogP contribution in [-0.2, 0) is 4.79 Å². The van der Waals surface area contributed by atoms with Crippen LogP contribution < -0.4 is 10.6 Å². The van der Waals surface area contributed by atoms with Crippen molar-refractivity contribution in [3.05, 3.63) is 0 Å². The van der Waals surface area contributed by atoms with Crippen molar-refractivity contribution in [1.29, 1.82) is 0 Å². The van der Waals surface area contributed by atoms with Crippen LogP contribution in [0.1, 0.15) is 20.3 Å². The molecule has 1 aliphatic rings. The molecule has 0 aromatic heterocycles. The summed E-state index contributed by atoms with van der Waals surface area (Å²) in [5, 5.41) is 6.38. The molecule has 6 heteroatoms. The summed E-state index contributed by atoms with van der Waals surface area (Å²) < 4.78 is 0. The van der Waals surface area contributed by atoms with Gasteiger partial charge in [-0.2, -0.15) is 12.6 Å². The maximum absolute atomic E-state index is 11.9. The zero-order valence-electron chi connectivity index (χ0n) is 12.4. The molecule has 0 aliphatic carbocycles. The van der Waals surface area contributed by atoms with Crippen molar-refractivity contribution in [2.75, 3.05) is 45.6 Å². The molecule has 0 saturated carbocycles. The van der Waals surface area contributed by atoms with Gasteiger partial charge in [-0.1, -0.05) is 13.8 Å². The average molecular weight is 288 g/mol. The molecule has 0 aromatic carbocycles. The van der Waals surface area contributed by atoms with Crippen LogP contribution in [0.2, 0.25) is 0 Å². The third-order valence-electron chi connectivity index (χ3n) is 3.45. The van der Waals surface area contributed by atoms with E-state index in [2.05, 4.69) is 54.0 Å². The second-order valence-corrected chi connectivity index (χ2v) is 5.74. The maximum Gasteiger partial charge on any atom is 0.237 e. The van der Waals surface area contributed by atoms with Gasteiger partial charge in [0.05, 0.1) is 6.04 Å². The molecule has 0 spiro atoms. The summed E-state index contributed by atoms with van der Waals surface area (Å²) in [6.07, 6.45) is 0.959. The highest BCUT2D eigenvalue weighted by Gasteiger charge is 2.32. The fraction of sp³-hybridized carbons (Fsp3) is 0.923. The van der Waals surface area contributed by atoms with E-state index >= 15 is 0 Å². The van der Waals surface area contributed by atoms with Crippen LogP contribution in [0.5, 0.6) is 0 Å². The van der Waals surface area contributed by atoms with Crippen molar-refractivity contribution in [2.24, 2.45) is 0 Å². The molecule has 2 N–H and O–H groups in total. The van der Waals surface area contributed by atoms with Gasteiger partial charge in [-0.3, -0.25) is 9.69 Å². The van der Waals surface area contributed by atoms with Crippen molar-refractivity contribution >= 4 is 18.5 Å². The topological polar surface area (TPSA) is 47.6 Å². The molecule has 5 nitrogen and oxygen atoms in total. The third kappa shape index (κ3) is 6.12. The Balaban J connectivity index is 2.04. The van der Waals surface area contributed by atoms with E-state index in [0.29, 0.717) is 18.5 Å². The Bertz CT molecular complexity index is 273. The quantitative estimate of drug-likeness (QED) is 0.523. The first kappa shape index (κ1) is 16.8. The Kier molecular flexibility index (Phi) is 7.75. The largest absolute Gasteiger partial charge is 0.353 e. The molecule has 1 amide bonds. The molecule has 1 fully saturated rings. The van der Waals surface area contributed by atoms with E-state index in [0.717, 1.165) is 32.6 Å². The Morgan fingerprint density at radius 2 is 2.11 bits per heavy atom. The van der Waals surface area contributed by atoms with E-state index in [9.17, 15) is 4.79 Å². The first-order valence-electron chi connectivity index (χ1n) is 7.09. The van der Waals surface area contributed by atoms with Crippen LogP contribution in [0.15, 0.2) is 0 Å². The standard InChI is InChI=1S/C13H28N4OS/c1-11(2)14-5-8-16(3)9-6-15-13(18)12-4-7-17(12)10-19/h11-12,14,19H,4-10H2,1-3H3,(H,15,18). The number of hydrogen-bond acceptors (Lipinski definition) is 5. The van der Waals surface area contributed by atoms with E-state index in [1.165, 1.54) is 0 Å². The van der Waals surface area contributed by atoms with Gasteiger partial charge in [-0.15, -0.1) is 0 Å². The van der Waals surface area contributed by atoms with Crippen LogP contribution in [0.25, 0.3) is 0 Å². The summed E-state index contributed by atoms with van der Waals surface area (Å²) >= 11 is 4.21. The van der Waals surface area contributed by atoms with Gasteiger partial charge in [0.15, 0.2) is 0 Å². The second kappa shape index (κ2) is 8.79. The Hall–Kier alpha value is -0.300. The van der Waals surface area contributed by atoms with Crippen molar-refractivity contribution in [2.45, 2.75) is 32.4 Å². The molecule has 1 saturated heterocycles. The van der Waals surface area contributed by atoms with Crippen LogP contribution in [0, 0.1) is 0 Å². The molecule has 112 valence electrons. The molecule has 1 rings (SSSR count). The molecule has 1 atom stereocenters. The first-order chi connectivity index (χ1) is 9.04. The van der Waals surface area contributed by atoms with E-state index in [-0.39, 0.29) is 11.9 Å². The lowest BCUT2D eigenvalue weighted by Gasteiger charge is -2.38. The molecular weight excluding hydrogens is 260 g/mol. The highest BCUT2D eigenvalue weighted by molar-refractivity contribution is 7.80. The summed E-state index contributed by atoms with van der Waals surface area (Å²) in [5.74, 6) is 0.813. The van der Waals surface area contributed by atoms with Crippen LogP contribution in [-0.4, -0.2) is 73.4 Å². The van der Waals surface area contributed by atoms with Crippen LogP contribution in [0.4, 0.5) is 0 Å². The van der Waals surface area contributed by atoms with Crippen molar-refractivity contribution < 1.29 is 4.79 Å². The number of nitrogens with zero attached hydrogens (tertiary/aromatic N) is 2. The van der Waals surface area contributed by atoms with Crippen LogP contribution >= 0.6 is 12.6 Å². The summed E-state index contributed by atoms with van der Waals surface area (Å²) in [6.45, 7) is 8.87. The minimum absolute atomic E-state index is 0.0467. The predicted octanol–water partition coefficient (Wildman–Crippen LogP) is -0.00600. The second-order valence-electron chi connectivity index (χ2n) is 5.46. The number of carbonyl (C=O) groups is 1. The van der Waals surface area contributed by atoms with E-state index in [1.54, 1.807) is 0 Å². The molecule has 19 heavy (non-hydrogen) atoms. The fourth-order valence-corrected chi connectivity index (χ4v) is 2.39. The predicted molar refractivity (Wildman–Crippen MR) is 82.6 cm³/mol. The highest BCUT2D eigenvalue weighted by atomic mass is 32.1. The molecule has 1 unspecified atom stereocenters. The minimum Gasteiger partial charge on any atom is -0.353 e. The maximum atomic E-state index is 11.9. The van der Waals surface area contributed by atoms with E-state index in [4.69, 9.17) is 0 Å². The molecular formula is C13H28N4OS. The smallest absolute Gasteiger partial charge is 0.237 e. The zero-order valence-corrected chi connectivity index (χ0v) is 13.2. The molecule has 0 bridgehead atoms. The number of nitrogens with one attached hydrogen (secondary N) is 2. The van der Waals surface area contributed by atoms with Gasteiger partial charge >= 0.3 is 0 Å². The molecule has 0 aromatic rings. The highest BCUT2D eigenvalue weighted by Crippen LogP contribution is 2.17. The average Bonchev–Trinajstić information content (AvgIpc) is 2.27. The Morgan fingerprint density at radius 3 is 2.63 bits per heavy atom. The number of rotatable bonds is 9. The van der Waals surface area contributed by atoms with Crippen molar-refractivity contribution in [3.8, 4) is 0 Å². The zero-order chi connectivity index (χ0) is 14.3. The monoisotopic (exact) mass is 288 g/mol. The Morgan fingerprint density at radius 1 is 1.42 bits per heavy atom. The molecule has 1 heterocycles. The number of likely N-dealkylation sites (N-methyl/N-ethyl adjacent to an activating group) is 1. The van der Waals surface area contributed by atoms with E-state index < -0.39 is 0 Å². The van der Waals surface area contributed by atoms with Gasteiger partial charge in [0.2, 0.25) is 5.91 Å². The van der Waals surface area contributed by atoms with E-state index in [1.807, 2.05) is 0 Å².